The zero-order chi connectivity index (χ0) is 22.5. The lowest BCUT2D eigenvalue weighted by molar-refractivity contribution is -0.114. The summed E-state index contributed by atoms with van der Waals surface area (Å²) in [6, 6.07) is 17.7. The zero-order valence-electron chi connectivity index (χ0n) is 17.7. The van der Waals surface area contributed by atoms with E-state index < -0.39 is 0 Å². The third-order valence-corrected chi connectivity index (χ3v) is 4.68. The number of methoxy groups -OCH3 is 1. The summed E-state index contributed by atoms with van der Waals surface area (Å²) in [6.45, 7) is 1.68. The van der Waals surface area contributed by atoms with Crippen LogP contribution in [0.2, 0.25) is 0 Å². The van der Waals surface area contributed by atoms with Gasteiger partial charge in [0.2, 0.25) is 5.91 Å². The molecule has 2 amide bonds. The lowest BCUT2D eigenvalue weighted by atomic mass is 10.2. The molecule has 0 spiro atoms. The molecule has 162 valence electrons. The fraction of sp³-hybridized carbons (Fsp3) is 0.125. The van der Waals surface area contributed by atoms with Crippen LogP contribution in [0.5, 0.6) is 11.5 Å². The van der Waals surface area contributed by atoms with E-state index in [9.17, 15) is 9.59 Å². The molecule has 2 N–H and O–H groups in total. The smallest absolute Gasteiger partial charge is 0.255 e. The van der Waals surface area contributed by atoms with Crippen molar-refractivity contribution in [2.24, 2.45) is 0 Å². The van der Waals surface area contributed by atoms with Gasteiger partial charge in [0.15, 0.2) is 0 Å². The van der Waals surface area contributed by atoms with E-state index in [2.05, 4.69) is 15.6 Å². The number of amides is 2. The predicted molar refractivity (Wildman–Crippen MR) is 121 cm³/mol. The van der Waals surface area contributed by atoms with Crippen molar-refractivity contribution in [3.63, 3.8) is 0 Å². The van der Waals surface area contributed by atoms with Crippen molar-refractivity contribution >= 4 is 28.8 Å². The fourth-order valence-electron chi connectivity index (χ4n) is 3.19. The number of carbonyl (C=O) groups is 2. The third-order valence-electron chi connectivity index (χ3n) is 4.68. The predicted octanol–water partition coefficient (Wildman–Crippen LogP) is 4.13. The second kappa shape index (κ2) is 9.22. The quantitative estimate of drug-likeness (QED) is 0.460. The molecule has 0 aliphatic heterocycles. The minimum Gasteiger partial charge on any atom is -0.497 e. The minimum atomic E-state index is -0.344. The van der Waals surface area contributed by atoms with Crippen LogP contribution in [0.15, 0.2) is 73.1 Å². The van der Waals surface area contributed by atoms with Crippen LogP contribution in [0.25, 0.3) is 5.65 Å². The molecule has 0 aliphatic carbocycles. The third kappa shape index (κ3) is 4.86. The standard InChI is InChI=1S/C24H22N4O4/c1-16(29)25-21-10-9-19(31-2)13-22(21)27-24(30)17-6-5-7-20(12-17)32-15-18-14-28-11-4-3-8-23(28)26-18/h3-14H,15H2,1-2H3,(H,25,29)(H,27,30). The molecular weight excluding hydrogens is 408 g/mol. The summed E-state index contributed by atoms with van der Waals surface area (Å²) in [7, 11) is 1.53. The normalized spacial score (nSPS) is 10.6. The van der Waals surface area contributed by atoms with Gasteiger partial charge in [0.1, 0.15) is 23.8 Å². The maximum atomic E-state index is 12.9. The van der Waals surface area contributed by atoms with Gasteiger partial charge in [-0.15, -0.1) is 0 Å². The number of benzene rings is 2. The summed E-state index contributed by atoms with van der Waals surface area (Å²) in [6.07, 6.45) is 3.82. The van der Waals surface area contributed by atoms with Gasteiger partial charge in [-0.2, -0.15) is 0 Å². The molecule has 2 aromatic carbocycles. The highest BCUT2D eigenvalue weighted by atomic mass is 16.5. The van der Waals surface area contributed by atoms with Crippen LogP contribution in [-0.4, -0.2) is 28.3 Å². The van der Waals surface area contributed by atoms with Crippen LogP contribution in [0.1, 0.15) is 23.0 Å². The minimum absolute atomic E-state index is 0.243. The number of ether oxygens (including phenoxy) is 2. The van der Waals surface area contributed by atoms with Gasteiger partial charge in [-0.1, -0.05) is 12.1 Å². The molecular formula is C24H22N4O4. The first-order valence-electron chi connectivity index (χ1n) is 9.94. The Morgan fingerprint density at radius 2 is 1.84 bits per heavy atom. The van der Waals surface area contributed by atoms with Crippen molar-refractivity contribution in [3.8, 4) is 11.5 Å². The van der Waals surface area contributed by atoms with Crippen LogP contribution in [0, 0.1) is 0 Å². The van der Waals surface area contributed by atoms with Crippen molar-refractivity contribution in [1.29, 1.82) is 0 Å². The van der Waals surface area contributed by atoms with Crippen molar-refractivity contribution in [2.75, 3.05) is 17.7 Å². The van der Waals surface area contributed by atoms with Gasteiger partial charge in [0, 0.05) is 30.9 Å². The highest BCUT2D eigenvalue weighted by Gasteiger charge is 2.13. The topological polar surface area (TPSA) is 94.0 Å². The largest absolute Gasteiger partial charge is 0.497 e. The van der Waals surface area contributed by atoms with Gasteiger partial charge >= 0.3 is 0 Å². The molecule has 4 rings (SSSR count). The van der Waals surface area contributed by atoms with Gasteiger partial charge in [0.05, 0.1) is 24.2 Å². The van der Waals surface area contributed by atoms with E-state index in [1.807, 2.05) is 35.0 Å². The van der Waals surface area contributed by atoms with Crippen LogP contribution in [-0.2, 0) is 11.4 Å². The first kappa shape index (κ1) is 20.9. The molecule has 0 atom stereocenters. The molecule has 0 radical (unpaired) electrons. The number of nitrogens with one attached hydrogen (secondary N) is 2. The molecule has 0 unspecified atom stereocenters. The summed E-state index contributed by atoms with van der Waals surface area (Å²) >= 11 is 0. The van der Waals surface area contributed by atoms with Gasteiger partial charge in [-0.3, -0.25) is 9.59 Å². The lowest BCUT2D eigenvalue weighted by Crippen LogP contribution is -2.15. The molecule has 2 aromatic heterocycles. The van der Waals surface area contributed by atoms with E-state index >= 15 is 0 Å². The van der Waals surface area contributed by atoms with Crippen molar-refractivity contribution < 1.29 is 19.1 Å². The molecule has 2 heterocycles. The summed E-state index contributed by atoms with van der Waals surface area (Å²) in [4.78, 5) is 28.9. The summed E-state index contributed by atoms with van der Waals surface area (Å²) in [5.74, 6) is 0.511. The zero-order valence-corrected chi connectivity index (χ0v) is 17.7. The number of nitrogens with zero attached hydrogens (tertiary/aromatic N) is 2. The number of aromatic nitrogens is 2. The van der Waals surface area contributed by atoms with Crippen molar-refractivity contribution in [3.05, 3.63) is 84.3 Å². The molecule has 0 bridgehead atoms. The van der Waals surface area contributed by atoms with E-state index in [0.717, 1.165) is 11.3 Å². The highest BCUT2D eigenvalue weighted by molar-refractivity contribution is 6.07. The molecule has 0 aliphatic rings. The molecule has 0 fully saturated rings. The van der Waals surface area contributed by atoms with Gasteiger partial charge in [-0.25, -0.2) is 4.98 Å². The van der Waals surface area contributed by atoms with E-state index in [1.165, 1.54) is 14.0 Å². The van der Waals surface area contributed by atoms with Crippen molar-refractivity contribution in [1.82, 2.24) is 9.38 Å². The first-order chi connectivity index (χ1) is 15.5. The van der Waals surface area contributed by atoms with Gasteiger partial charge in [-0.05, 0) is 42.5 Å². The Hall–Kier alpha value is -4.33. The second-order valence-electron chi connectivity index (χ2n) is 7.06. The SMILES string of the molecule is COc1ccc(NC(C)=O)c(NC(=O)c2cccc(OCc3cn4ccccc4n3)c2)c1. The summed E-state index contributed by atoms with van der Waals surface area (Å²) in [5.41, 5.74) is 2.94. The Morgan fingerprint density at radius 1 is 0.969 bits per heavy atom. The average Bonchev–Trinajstić information content (AvgIpc) is 3.22. The molecule has 32 heavy (non-hydrogen) atoms. The number of imidazole rings is 1. The van der Waals surface area contributed by atoms with Crippen LogP contribution in [0.4, 0.5) is 11.4 Å². The Bertz CT molecular complexity index is 1250. The molecule has 8 heteroatoms. The van der Waals surface area contributed by atoms with E-state index in [-0.39, 0.29) is 18.4 Å². The number of hydrogen-bond donors (Lipinski definition) is 2. The number of fused-ring (bicyclic) bond motifs is 1. The molecule has 0 saturated heterocycles. The number of anilines is 2. The summed E-state index contributed by atoms with van der Waals surface area (Å²) in [5, 5.41) is 5.52. The fourth-order valence-corrected chi connectivity index (χ4v) is 3.19. The van der Waals surface area contributed by atoms with Crippen LogP contribution in [0.3, 0.4) is 0 Å². The van der Waals surface area contributed by atoms with Crippen LogP contribution >= 0.6 is 0 Å². The maximum absolute atomic E-state index is 12.9. The Balaban J connectivity index is 1.48. The van der Waals surface area contributed by atoms with Crippen molar-refractivity contribution in [2.45, 2.75) is 13.5 Å². The number of carbonyl (C=O) groups excluding carboxylic acids is 2. The van der Waals surface area contributed by atoms with E-state index in [4.69, 9.17) is 9.47 Å². The first-order valence-corrected chi connectivity index (χ1v) is 9.94. The number of hydrogen-bond acceptors (Lipinski definition) is 5. The Kier molecular flexibility index (Phi) is 6.03. The average molecular weight is 430 g/mol. The van der Waals surface area contributed by atoms with Gasteiger partial charge < -0.3 is 24.5 Å². The van der Waals surface area contributed by atoms with E-state index in [0.29, 0.717) is 28.4 Å². The maximum Gasteiger partial charge on any atom is 0.255 e. The Morgan fingerprint density at radius 3 is 2.62 bits per heavy atom. The monoisotopic (exact) mass is 430 g/mol. The molecule has 4 aromatic rings. The highest BCUT2D eigenvalue weighted by Crippen LogP contribution is 2.28. The molecule has 8 nitrogen and oxygen atoms in total. The Labute approximate surface area is 184 Å². The summed E-state index contributed by atoms with van der Waals surface area (Å²) < 4.78 is 13.0. The van der Waals surface area contributed by atoms with Crippen LogP contribution < -0.4 is 20.1 Å². The number of pyridine rings is 1. The molecule has 0 saturated carbocycles. The number of rotatable bonds is 7. The van der Waals surface area contributed by atoms with E-state index in [1.54, 1.807) is 42.5 Å². The van der Waals surface area contributed by atoms with Gasteiger partial charge in [0.25, 0.3) is 5.91 Å². The lowest BCUT2D eigenvalue weighted by Gasteiger charge is -2.13. The second-order valence-corrected chi connectivity index (χ2v) is 7.06.